The lowest BCUT2D eigenvalue weighted by Gasteiger charge is -2.30. The van der Waals surface area contributed by atoms with Gasteiger partial charge in [0.2, 0.25) is 0 Å². The summed E-state index contributed by atoms with van der Waals surface area (Å²) >= 11 is 6.17. The van der Waals surface area contributed by atoms with Gasteiger partial charge < -0.3 is 14.4 Å². The number of esters is 1. The third-order valence-electron chi connectivity index (χ3n) is 4.47. The molecule has 144 valence electrons. The molecule has 1 saturated heterocycles. The Morgan fingerprint density at radius 2 is 2.00 bits per heavy atom. The van der Waals surface area contributed by atoms with Gasteiger partial charge in [0, 0.05) is 13.1 Å². The molecular weight excluding hydrogens is 370 g/mol. The smallest absolute Gasteiger partial charge is 0.338 e. The third kappa shape index (κ3) is 4.31. The molecule has 1 atom stereocenters. The summed E-state index contributed by atoms with van der Waals surface area (Å²) in [6, 6.07) is 6.81. The van der Waals surface area contributed by atoms with E-state index in [2.05, 4.69) is 5.10 Å². The van der Waals surface area contributed by atoms with E-state index in [4.69, 9.17) is 21.1 Å². The van der Waals surface area contributed by atoms with Crippen molar-refractivity contribution in [1.29, 1.82) is 0 Å². The zero-order chi connectivity index (χ0) is 19.6. The number of ether oxygens (including phenoxy) is 2. The number of amides is 1. The van der Waals surface area contributed by atoms with E-state index < -0.39 is 5.97 Å². The average Bonchev–Trinajstić information content (AvgIpc) is 2.93. The quantitative estimate of drug-likeness (QED) is 0.749. The summed E-state index contributed by atoms with van der Waals surface area (Å²) < 4.78 is 12.3. The van der Waals surface area contributed by atoms with Crippen LogP contribution in [-0.4, -0.2) is 59.0 Å². The van der Waals surface area contributed by atoms with Crippen LogP contribution < -0.4 is 0 Å². The molecule has 1 unspecified atom stereocenters. The van der Waals surface area contributed by atoms with Gasteiger partial charge in [-0.3, -0.25) is 4.79 Å². The van der Waals surface area contributed by atoms with E-state index in [1.807, 2.05) is 20.8 Å². The van der Waals surface area contributed by atoms with Gasteiger partial charge in [-0.1, -0.05) is 11.6 Å². The topological polar surface area (TPSA) is 73.7 Å². The Labute approximate surface area is 162 Å². The summed E-state index contributed by atoms with van der Waals surface area (Å²) in [6.07, 6.45) is -0.00570. The van der Waals surface area contributed by atoms with Crippen molar-refractivity contribution in [3.63, 3.8) is 0 Å². The third-order valence-corrected chi connectivity index (χ3v) is 5.02. The van der Waals surface area contributed by atoms with Crippen molar-refractivity contribution >= 4 is 23.5 Å². The van der Waals surface area contributed by atoms with Gasteiger partial charge in [0.25, 0.3) is 5.91 Å². The number of hydrogen-bond acceptors (Lipinski definition) is 5. The predicted octanol–water partition coefficient (Wildman–Crippen LogP) is 2.55. The van der Waals surface area contributed by atoms with Gasteiger partial charge >= 0.3 is 5.97 Å². The normalized spacial score (nSPS) is 17.0. The van der Waals surface area contributed by atoms with Gasteiger partial charge in [0.05, 0.1) is 40.4 Å². The van der Waals surface area contributed by atoms with E-state index in [1.54, 1.807) is 33.8 Å². The number of aromatic nitrogens is 2. The lowest BCUT2D eigenvalue weighted by molar-refractivity contribution is -0.141. The Balaban J connectivity index is 1.60. The molecule has 1 aliphatic rings. The van der Waals surface area contributed by atoms with Gasteiger partial charge in [-0.2, -0.15) is 5.10 Å². The van der Waals surface area contributed by atoms with Crippen LogP contribution in [0.5, 0.6) is 0 Å². The van der Waals surface area contributed by atoms with Gasteiger partial charge in [-0.25, -0.2) is 9.48 Å². The highest BCUT2D eigenvalue weighted by atomic mass is 35.5. The van der Waals surface area contributed by atoms with Crippen LogP contribution in [0.15, 0.2) is 24.3 Å². The fraction of sp³-hybridized carbons (Fsp3) is 0.421. The maximum absolute atomic E-state index is 12.2. The van der Waals surface area contributed by atoms with Gasteiger partial charge in [0.15, 0.2) is 6.61 Å². The second-order valence-electron chi connectivity index (χ2n) is 6.54. The fourth-order valence-electron chi connectivity index (χ4n) is 2.96. The molecule has 0 radical (unpaired) electrons. The van der Waals surface area contributed by atoms with E-state index >= 15 is 0 Å². The molecule has 3 rings (SSSR count). The molecule has 1 amide bonds. The predicted molar refractivity (Wildman–Crippen MR) is 100 cm³/mol. The van der Waals surface area contributed by atoms with Crippen molar-refractivity contribution in [3.05, 3.63) is 46.2 Å². The van der Waals surface area contributed by atoms with E-state index in [0.29, 0.717) is 30.3 Å². The Bertz CT molecular complexity index is 847. The highest BCUT2D eigenvalue weighted by Crippen LogP contribution is 2.22. The summed E-state index contributed by atoms with van der Waals surface area (Å²) in [5, 5.41) is 5.00. The van der Waals surface area contributed by atoms with Gasteiger partial charge in [-0.15, -0.1) is 0 Å². The maximum atomic E-state index is 12.2. The van der Waals surface area contributed by atoms with Crippen LogP contribution >= 0.6 is 11.6 Å². The van der Waals surface area contributed by atoms with E-state index in [1.165, 1.54) is 0 Å². The molecule has 0 bridgehead atoms. The van der Waals surface area contributed by atoms with Crippen LogP contribution in [0.1, 0.15) is 28.7 Å². The Morgan fingerprint density at radius 1 is 1.30 bits per heavy atom. The minimum absolute atomic E-state index is 0.00570. The largest absolute Gasteiger partial charge is 0.452 e. The number of carbonyl (C=O) groups is 2. The molecule has 1 aliphatic heterocycles. The summed E-state index contributed by atoms with van der Waals surface area (Å²) in [4.78, 5) is 26.0. The summed E-state index contributed by atoms with van der Waals surface area (Å²) in [5.74, 6) is -0.755. The van der Waals surface area contributed by atoms with Crippen LogP contribution in [-0.2, 0) is 14.3 Å². The Hall–Kier alpha value is -2.38. The van der Waals surface area contributed by atoms with Crippen molar-refractivity contribution in [1.82, 2.24) is 14.7 Å². The molecule has 1 aromatic carbocycles. The molecule has 8 heteroatoms. The molecule has 1 aromatic heterocycles. The van der Waals surface area contributed by atoms with Gasteiger partial charge in [0.1, 0.15) is 0 Å². The van der Waals surface area contributed by atoms with E-state index in [0.717, 1.165) is 17.1 Å². The minimum atomic E-state index is -0.539. The minimum Gasteiger partial charge on any atom is -0.452 e. The van der Waals surface area contributed by atoms with Gasteiger partial charge in [-0.05, 0) is 45.0 Å². The zero-order valence-corrected chi connectivity index (χ0v) is 16.3. The van der Waals surface area contributed by atoms with E-state index in [-0.39, 0.29) is 18.6 Å². The number of carbonyl (C=O) groups excluding carboxylic acids is 2. The highest BCUT2D eigenvalue weighted by molar-refractivity contribution is 6.31. The second-order valence-corrected chi connectivity index (χ2v) is 6.92. The molecule has 0 spiro atoms. The number of morpholine rings is 1. The highest BCUT2D eigenvalue weighted by Gasteiger charge is 2.22. The Kier molecular flexibility index (Phi) is 5.82. The summed E-state index contributed by atoms with van der Waals surface area (Å²) in [6.45, 7) is 6.87. The first-order valence-electron chi connectivity index (χ1n) is 8.75. The van der Waals surface area contributed by atoms with Crippen molar-refractivity contribution in [2.24, 2.45) is 0 Å². The molecule has 2 heterocycles. The summed E-state index contributed by atoms with van der Waals surface area (Å²) in [5.41, 5.74) is 2.73. The van der Waals surface area contributed by atoms with Crippen LogP contribution in [0.3, 0.4) is 0 Å². The molecule has 1 fully saturated rings. The number of aryl methyl sites for hydroxylation is 1. The second kappa shape index (κ2) is 8.10. The zero-order valence-electron chi connectivity index (χ0n) is 15.6. The fourth-order valence-corrected chi connectivity index (χ4v) is 3.08. The first-order valence-corrected chi connectivity index (χ1v) is 9.13. The molecule has 0 N–H and O–H groups in total. The van der Waals surface area contributed by atoms with Crippen LogP contribution in [0.25, 0.3) is 5.69 Å². The van der Waals surface area contributed by atoms with Crippen molar-refractivity contribution in [2.45, 2.75) is 26.9 Å². The molecule has 0 aliphatic carbocycles. The molecule has 2 aromatic rings. The number of benzene rings is 1. The SMILES string of the molecule is Cc1nn(-c2ccc(C(=O)OCC(=O)N3CCOC(C)C3)cc2)c(C)c1Cl. The van der Waals surface area contributed by atoms with E-state index in [9.17, 15) is 9.59 Å². The lowest BCUT2D eigenvalue weighted by Crippen LogP contribution is -2.46. The first-order chi connectivity index (χ1) is 12.9. The first kappa shape index (κ1) is 19.4. The number of nitrogens with zero attached hydrogens (tertiary/aromatic N) is 3. The number of halogens is 1. The monoisotopic (exact) mass is 391 g/mol. The van der Waals surface area contributed by atoms with Crippen LogP contribution in [0.4, 0.5) is 0 Å². The lowest BCUT2D eigenvalue weighted by atomic mass is 10.2. The standard InChI is InChI=1S/C19H22ClN3O4/c1-12-10-22(8-9-26-12)17(24)11-27-19(25)15-4-6-16(7-5-15)23-14(3)18(20)13(2)21-23/h4-7,12H,8-11H2,1-3H3. The Morgan fingerprint density at radius 3 is 2.59 bits per heavy atom. The number of hydrogen-bond donors (Lipinski definition) is 0. The molecule has 0 saturated carbocycles. The van der Waals surface area contributed by atoms with Crippen molar-refractivity contribution < 1.29 is 19.1 Å². The number of rotatable bonds is 4. The van der Waals surface area contributed by atoms with Crippen molar-refractivity contribution in [3.8, 4) is 5.69 Å². The molecular formula is C19H22ClN3O4. The summed E-state index contributed by atoms with van der Waals surface area (Å²) in [7, 11) is 0. The average molecular weight is 392 g/mol. The van der Waals surface area contributed by atoms with Crippen LogP contribution in [0.2, 0.25) is 5.02 Å². The van der Waals surface area contributed by atoms with Crippen molar-refractivity contribution in [2.75, 3.05) is 26.3 Å². The van der Waals surface area contributed by atoms with Crippen LogP contribution in [0, 0.1) is 13.8 Å². The maximum Gasteiger partial charge on any atom is 0.338 e. The molecule has 27 heavy (non-hydrogen) atoms. The molecule has 7 nitrogen and oxygen atoms in total.